The number of nitrogens with one attached hydrogen (secondary N) is 2. The van der Waals surface area contributed by atoms with E-state index in [0.717, 1.165) is 23.4 Å². The topological polar surface area (TPSA) is 57.8 Å². The maximum Gasteiger partial charge on any atom is 0.224 e. The van der Waals surface area contributed by atoms with Crippen LogP contribution < -0.4 is 5.32 Å². The minimum Gasteiger partial charge on any atom is -0.352 e. The Bertz CT molecular complexity index is 595. The number of H-pyrrole nitrogens is 1. The fourth-order valence-corrected chi connectivity index (χ4v) is 1.65. The number of nitrogens with zero attached hydrogens (tertiary/aromatic N) is 1. The Balaban J connectivity index is 1.93. The molecular formula is C13H13F2N3O. The number of halogens is 2. The van der Waals surface area contributed by atoms with Gasteiger partial charge in [0.15, 0.2) is 0 Å². The standard InChI is InChI=1S/C13H13F2N3O/c1-8-10(7-17-18-8)6-16-13(19)4-9-2-3-11(14)5-12(9)15/h2-3,5,7H,4,6H2,1H3,(H,16,19)(H,17,18). The number of carbonyl (C=O) groups excluding carboxylic acids is 1. The van der Waals surface area contributed by atoms with Crippen molar-refractivity contribution in [2.24, 2.45) is 0 Å². The Morgan fingerprint density at radius 2 is 2.16 bits per heavy atom. The Labute approximate surface area is 108 Å². The van der Waals surface area contributed by atoms with Crippen molar-refractivity contribution < 1.29 is 13.6 Å². The molecule has 2 rings (SSSR count). The zero-order valence-electron chi connectivity index (χ0n) is 10.3. The van der Waals surface area contributed by atoms with E-state index in [-0.39, 0.29) is 17.9 Å². The van der Waals surface area contributed by atoms with Gasteiger partial charge in [-0.1, -0.05) is 6.07 Å². The zero-order chi connectivity index (χ0) is 13.8. The number of aryl methyl sites for hydroxylation is 1. The van der Waals surface area contributed by atoms with E-state index in [4.69, 9.17) is 0 Å². The fraction of sp³-hybridized carbons (Fsp3) is 0.231. The summed E-state index contributed by atoms with van der Waals surface area (Å²) in [5.41, 5.74) is 1.91. The number of aromatic nitrogens is 2. The van der Waals surface area contributed by atoms with Crippen LogP contribution in [0.2, 0.25) is 0 Å². The van der Waals surface area contributed by atoms with Crippen LogP contribution in [0.4, 0.5) is 8.78 Å². The molecule has 0 aliphatic heterocycles. The lowest BCUT2D eigenvalue weighted by Gasteiger charge is -2.05. The van der Waals surface area contributed by atoms with E-state index in [1.165, 1.54) is 6.07 Å². The first-order valence-corrected chi connectivity index (χ1v) is 5.75. The maximum absolute atomic E-state index is 13.4. The van der Waals surface area contributed by atoms with E-state index in [9.17, 15) is 13.6 Å². The van der Waals surface area contributed by atoms with Crippen LogP contribution in [-0.2, 0) is 17.8 Å². The molecule has 1 heterocycles. The summed E-state index contributed by atoms with van der Waals surface area (Å²) in [4.78, 5) is 11.7. The number of rotatable bonds is 4. The van der Waals surface area contributed by atoms with Crippen molar-refractivity contribution in [3.63, 3.8) is 0 Å². The minimum atomic E-state index is -0.713. The predicted octanol–water partition coefficient (Wildman–Crippen LogP) is 1.86. The van der Waals surface area contributed by atoms with Gasteiger partial charge in [0.2, 0.25) is 5.91 Å². The Morgan fingerprint density at radius 3 is 2.79 bits per heavy atom. The molecule has 0 saturated heterocycles. The van der Waals surface area contributed by atoms with Gasteiger partial charge < -0.3 is 5.32 Å². The summed E-state index contributed by atoms with van der Waals surface area (Å²) < 4.78 is 26.1. The van der Waals surface area contributed by atoms with Crippen LogP contribution in [0.1, 0.15) is 16.8 Å². The van der Waals surface area contributed by atoms with Gasteiger partial charge in [0.1, 0.15) is 11.6 Å². The van der Waals surface area contributed by atoms with Gasteiger partial charge in [-0.3, -0.25) is 9.89 Å². The molecule has 0 saturated carbocycles. The third kappa shape index (κ3) is 3.37. The molecular weight excluding hydrogens is 252 g/mol. The lowest BCUT2D eigenvalue weighted by molar-refractivity contribution is -0.120. The molecule has 6 heteroatoms. The number of carbonyl (C=O) groups is 1. The van der Waals surface area contributed by atoms with Crippen LogP contribution in [0.5, 0.6) is 0 Å². The van der Waals surface area contributed by atoms with Crippen LogP contribution in [0, 0.1) is 18.6 Å². The van der Waals surface area contributed by atoms with E-state index < -0.39 is 11.6 Å². The highest BCUT2D eigenvalue weighted by Gasteiger charge is 2.09. The number of hydrogen-bond donors (Lipinski definition) is 2. The van der Waals surface area contributed by atoms with Crippen molar-refractivity contribution in [2.75, 3.05) is 0 Å². The van der Waals surface area contributed by atoms with Crippen molar-refractivity contribution in [3.05, 3.63) is 52.9 Å². The van der Waals surface area contributed by atoms with Crippen molar-refractivity contribution >= 4 is 5.91 Å². The molecule has 0 unspecified atom stereocenters. The minimum absolute atomic E-state index is 0.122. The fourth-order valence-electron chi connectivity index (χ4n) is 1.65. The normalized spacial score (nSPS) is 10.5. The summed E-state index contributed by atoms with van der Waals surface area (Å²) in [6, 6.07) is 3.17. The van der Waals surface area contributed by atoms with Crippen molar-refractivity contribution in [3.8, 4) is 0 Å². The molecule has 0 atom stereocenters. The molecule has 19 heavy (non-hydrogen) atoms. The molecule has 100 valence electrons. The molecule has 0 fully saturated rings. The van der Waals surface area contributed by atoms with Gasteiger partial charge in [-0.25, -0.2) is 8.78 Å². The van der Waals surface area contributed by atoms with Crippen molar-refractivity contribution in [1.82, 2.24) is 15.5 Å². The summed E-state index contributed by atoms with van der Waals surface area (Å²) in [5, 5.41) is 9.24. The Kier molecular flexibility index (Phi) is 3.89. The summed E-state index contributed by atoms with van der Waals surface area (Å²) in [7, 11) is 0. The number of aromatic amines is 1. The monoisotopic (exact) mass is 265 g/mol. The summed E-state index contributed by atoms with van der Waals surface area (Å²) >= 11 is 0. The molecule has 0 bridgehead atoms. The maximum atomic E-state index is 13.4. The summed E-state index contributed by atoms with van der Waals surface area (Å²) in [5.74, 6) is -1.70. The SMILES string of the molecule is Cc1[nH]ncc1CNC(=O)Cc1ccc(F)cc1F. The quantitative estimate of drug-likeness (QED) is 0.886. The van der Waals surface area contributed by atoms with E-state index >= 15 is 0 Å². The third-order valence-electron chi connectivity index (χ3n) is 2.78. The van der Waals surface area contributed by atoms with Crippen LogP contribution >= 0.6 is 0 Å². The number of hydrogen-bond acceptors (Lipinski definition) is 2. The largest absolute Gasteiger partial charge is 0.352 e. The van der Waals surface area contributed by atoms with E-state index in [2.05, 4.69) is 15.5 Å². The van der Waals surface area contributed by atoms with E-state index in [0.29, 0.717) is 6.54 Å². The van der Waals surface area contributed by atoms with Gasteiger partial charge >= 0.3 is 0 Å². The summed E-state index contributed by atoms with van der Waals surface area (Å²) in [6.45, 7) is 2.16. The molecule has 1 aromatic heterocycles. The second kappa shape index (κ2) is 5.60. The molecule has 2 N–H and O–H groups in total. The van der Waals surface area contributed by atoms with E-state index in [1.54, 1.807) is 6.20 Å². The third-order valence-corrected chi connectivity index (χ3v) is 2.78. The molecule has 0 radical (unpaired) electrons. The second-order valence-electron chi connectivity index (χ2n) is 4.21. The molecule has 0 spiro atoms. The number of benzene rings is 1. The molecule has 0 aliphatic carbocycles. The second-order valence-corrected chi connectivity index (χ2v) is 4.21. The van der Waals surface area contributed by atoms with Gasteiger partial charge in [-0.15, -0.1) is 0 Å². The van der Waals surface area contributed by atoms with Gasteiger partial charge in [0.05, 0.1) is 12.6 Å². The lowest BCUT2D eigenvalue weighted by Crippen LogP contribution is -2.25. The molecule has 2 aromatic rings. The zero-order valence-corrected chi connectivity index (χ0v) is 10.3. The number of amides is 1. The van der Waals surface area contributed by atoms with Crippen molar-refractivity contribution in [1.29, 1.82) is 0 Å². The first-order valence-electron chi connectivity index (χ1n) is 5.75. The van der Waals surface area contributed by atoms with Crippen molar-refractivity contribution in [2.45, 2.75) is 19.9 Å². The van der Waals surface area contributed by atoms with Crippen LogP contribution in [0.3, 0.4) is 0 Å². The van der Waals surface area contributed by atoms with Crippen LogP contribution in [-0.4, -0.2) is 16.1 Å². The smallest absolute Gasteiger partial charge is 0.224 e. The Hall–Kier alpha value is -2.24. The average Bonchev–Trinajstić information content (AvgIpc) is 2.76. The highest BCUT2D eigenvalue weighted by molar-refractivity contribution is 5.78. The Morgan fingerprint density at radius 1 is 1.37 bits per heavy atom. The van der Waals surface area contributed by atoms with Gasteiger partial charge in [-0.05, 0) is 18.6 Å². The van der Waals surface area contributed by atoms with E-state index in [1.807, 2.05) is 6.92 Å². The average molecular weight is 265 g/mol. The molecule has 1 amide bonds. The molecule has 1 aromatic carbocycles. The first-order chi connectivity index (χ1) is 9.06. The summed E-state index contributed by atoms with van der Waals surface area (Å²) in [6.07, 6.45) is 1.50. The van der Waals surface area contributed by atoms with Gasteiger partial charge in [-0.2, -0.15) is 5.10 Å². The van der Waals surface area contributed by atoms with Gasteiger partial charge in [0.25, 0.3) is 0 Å². The molecule has 0 aliphatic rings. The highest BCUT2D eigenvalue weighted by atomic mass is 19.1. The first kappa shape index (κ1) is 13.2. The van der Waals surface area contributed by atoms with Gasteiger partial charge in [0, 0.05) is 23.9 Å². The van der Waals surface area contributed by atoms with Crippen LogP contribution in [0.25, 0.3) is 0 Å². The van der Waals surface area contributed by atoms with Crippen LogP contribution in [0.15, 0.2) is 24.4 Å². The highest BCUT2D eigenvalue weighted by Crippen LogP contribution is 2.10. The molecule has 4 nitrogen and oxygen atoms in total. The lowest BCUT2D eigenvalue weighted by atomic mass is 10.1. The predicted molar refractivity (Wildman–Crippen MR) is 65.2 cm³/mol.